The van der Waals surface area contributed by atoms with Crippen molar-refractivity contribution in [2.75, 3.05) is 6.54 Å². The lowest BCUT2D eigenvalue weighted by Gasteiger charge is -2.40. The first kappa shape index (κ1) is 16.6. The van der Waals surface area contributed by atoms with Gasteiger partial charge in [0.2, 0.25) is 0 Å². The van der Waals surface area contributed by atoms with Crippen molar-refractivity contribution in [1.29, 1.82) is 5.26 Å². The van der Waals surface area contributed by atoms with Gasteiger partial charge in [-0.25, -0.2) is 9.86 Å². The van der Waals surface area contributed by atoms with E-state index in [1.54, 1.807) is 11.1 Å². The summed E-state index contributed by atoms with van der Waals surface area (Å²) in [5, 5.41) is 11.8. The lowest BCUT2D eigenvalue weighted by Crippen LogP contribution is -2.44. The minimum atomic E-state index is -0.817. The smallest absolute Gasteiger partial charge is 0.148 e. The normalized spacial score (nSPS) is 22.1. The molecule has 1 fully saturated rings. The summed E-state index contributed by atoms with van der Waals surface area (Å²) in [6.07, 6.45) is 0.779. The first-order chi connectivity index (χ1) is 10.3. The van der Waals surface area contributed by atoms with Gasteiger partial charge >= 0.3 is 0 Å². The molecule has 4 nitrogen and oxygen atoms in total. The fourth-order valence-corrected chi connectivity index (χ4v) is 2.96. The van der Waals surface area contributed by atoms with Crippen molar-refractivity contribution >= 4 is 17.5 Å². The predicted molar refractivity (Wildman–Crippen MR) is 84.7 cm³/mol. The number of halogens is 1. The molecule has 0 amide bonds. The molecule has 0 bridgehead atoms. The second kappa shape index (κ2) is 6.14. The van der Waals surface area contributed by atoms with E-state index in [-0.39, 0.29) is 6.42 Å². The van der Waals surface area contributed by atoms with Gasteiger partial charge in [0.1, 0.15) is 11.6 Å². The number of benzene rings is 1. The number of piperidine rings is 1. The van der Waals surface area contributed by atoms with Crippen LogP contribution in [0.15, 0.2) is 30.0 Å². The molecule has 116 valence electrons. The average Bonchev–Trinajstić information content (AvgIpc) is 2.47. The van der Waals surface area contributed by atoms with Crippen LogP contribution in [-0.4, -0.2) is 23.2 Å². The Kier molecular flexibility index (Phi) is 4.63. The van der Waals surface area contributed by atoms with E-state index in [0.717, 1.165) is 5.56 Å². The molecule has 0 aromatic heterocycles. The Labute approximate surface area is 135 Å². The Balaban J connectivity index is 2.35. The zero-order chi connectivity index (χ0) is 16.4. The van der Waals surface area contributed by atoms with E-state index < -0.39 is 11.0 Å². The molecule has 1 atom stereocenters. The lowest BCUT2D eigenvalue weighted by molar-refractivity contribution is -0.215. The van der Waals surface area contributed by atoms with Gasteiger partial charge in [-0.15, -0.1) is 0 Å². The first-order valence-electron chi connectivity index (χ1n) is 7.18. The Bertz CT molecular complexity index is 653. The number of hydroxylamine groups is 2. The minimum Gasteiger partial charge on any atom is -0.267 e. The van der Waals surface area contributed by atoms with Gasteiger partial charge < -0.3 is 0 Å². The average molecular weight is 319 g/mol. The van der Waals surface area contributed by atoms with Gasteiger partial charge in [-0.1, -0.05) is 29.8 Å². The van der Waals surface area contributed by atoms with E-state index in [0.29, 0.717) is 23.7 Å². The molecule has 0 N–H and O–H groups in total. The monoisotopic (exact) mass is 318 g/mol. The summed E-state index contributed by atoms with van der Waals surface area (Å²) in [6.45, 7) is 6.18. The van der Waals surface area contributed by atoms with E-state index in [9.17, 15) is 10.1 Å². The summed E-state index contributed by atoms with van der Waals surface area (Å²) in [4.78, 5) is 17.1. The highest BCUT2D eigenvalue weighted by atomic mass is 35.5. The maximum absolute atomic E-state index is 11.4. The molecule has 1 saturated heterocycles. The van der Waals surface area contributed by atoms with Crippen LogP contribution in [-0.2, 0) is 15.0 Å². The molecule has 0 radical (unpaired) electrons. The fourth-order valence-electron chi connectivity index (χ4n) is 2.64. The van der Waals surface area contributed by atoms with Gasteiger partial charge in [-0.05, 0) is 38.8 Å². The second-order valence-electron chi connectivity index (χ2n) is 6.46. The van der Waals surface area contributed by atoms with E-state index in [1.807, 2.05) is 44.9 Å². The third-order valence-electron chi connectivity index (χ3n) is 3.62. The van der Waals surface area contributed by atoms with Crippen molar-refractivity contribution in [2.24, 2.45) is 0 Å². The molecular weight excluding hydrogens is 300 g/mol. The largest absolute Gasteiger partial charge is 0.267 e. The molecule has 1 aromatic rings. The summed E-state index contributed by atoms with van der Waals surface area (Å²) in [7, 11) is 0. The summed E-state index contributed by atoms with van der Waals surface area (Å²) in [5.41, 5.74) is -0.132. The number of nitriles is 1. The Morgan fingerprint density at radius 2 is 2.05 bits per heavy atom. The van der Waals surface area contributed by atoms with E-state index in [2.05, 4.69) is 6.07 Å². The maximum atomic E-state index is 11.4. The van der Waals surface area contributed by atoms with Crippen molar-refractivity contribution in [2.45, 2.75) is 44.6 Å². The molecule has 0 spiro atoms. The molecule has 1 aliphatic heterocycles. The Morgan fingerprint density at radius 1 is 1.36 bits per heavy atom. The van der Waals surface area contributed by atoms with Gasteiger partial charge in [0, 0.05) is 18.0 Å². The SMILES string of the molecule is CC(C)(C)ON1CCC(C#N)(c2ccccc2Cl)CC1=C=O. The highest BCUT2D eigenvalue weighted by Gasteiger charge is 2.42. The third kappa shape index (κ3) is 3.34. The van der Waals surface area contributed by atoms with Gasteiger partial charge in [0.15, 0.2) is 0 Å². The van der Waals surface area contributed by atoms with Crippen LogP contribution in [0.2, 0.25) is 5.02 Å². The zero-order valence-corrected chi connectivity index (χ0v) is 13.8. The molecule has 2 rings (SSSR count). The van der Waals surface area contributed by atoms with Crippen LogP contribution >= 0.6 is 11.6 Å². The Hall–Kier alpha value is -1.79. The number of hydrogen-bond acceptors (Lipinski definition) is 4. The topological polar surface area (TPSA) is 53.3 Å². The molecular formula is C17H19ClN2O2. The number of carbonyl (C=O) groups excluding carboxylic acids is 1. The van der Waals surface area contributed by atoms with Crippen molar-refractivity contribution in [1.82, 2.24) is 5.06 Å². The molecule has 1 heterocycles. The van der Waals surface area contributed by atoms with Gasteiger partial charge in [0.25, 0.3) is 0 Å². The summed E-state index contributed by atoms with van der Waals surface area (Å²) < 4.78 is 0. The van der Waals surface area contributed by atoms with Crippen LogP contribution in [0.4, 0.5) is 0 Å². The number of nitrogens with zero attached hydrogens (tertiary/aromatic N) is 2. The third-order valence-corrected chi connectivity index (χ3v) is 3.95. The molecule has 1 unspecified atom stereocenters. The number of allylic oxidation sites excluding steroid dienone is 1. The van der Waals surface area contributed by atoms with Crippen molar-refractivity contribution in [3.63, 3.8) is 0 Å². The van der Waals surface area contributed by atoms with Gasteiger partial charge in [-0.2, -0.15) is 5.26 Å². The number of hydrogen-bond donors (Lipinski definition) is 0. The fraction of sp³-hybridized carbons (Fsp3) is 0.471. The zero-order valence-electron chi connectivity index (χ0n) is 13.0. The highest BCUT2D eigenvalue weighted by molar-refractivity contribution is 6.31. The first-order valence-corrected chi connectivity index (χ1v) is 7.56. The van der Waals surface area contributed by atoms with Crippen LogP contribution in [0.1, 0.15) is 39.2 Å². The predicted octanol–water partition coefficient (Wildman–Crippen LogP) is 3.64. The summed E-state index contributed by atoms with van der Waals surface area (Å²) in [5.74, 6) is 1.93. The van der Waals surface area contributed by atoms with Crippen LogP contribution in [0.25, 0.3) is 0 Å². The van der Waals surface area contributed by atoms with Crippen molar-refractivity contribution in [3.8, 4) is 6.07 Å². The lowest BCUT2D eigenvalue weighted by atomic mass is 9.73. The van der Waals surface area contributed by atoms with Gasteiger partial charge in [0.05, 0.1) is 17.1 Å². The van der Waals surface area contributed by atoms with Gasteiger partial charge in [-0.3, -0.25) is 4.84 Å². The Morgan fingerprint density at radius 3 is 2.59 bits per heavy atom. The van der Waals surface area contributed by atoms with E-state index in [1.165, 1.54) is 0 Å². The van der Waals surface area contributed by atoms with E-state index >= 15 is 0 Å². The van der Waals surface area contributed by atoms with Crippen LogP contribution in [0, 0.1) is 11.3 Å². The molecule has 5 heteroatoms. The quantitative estimate of drug-likeness (QED) is 0.781. The van der Waals surface area contributed by atoms with E-state index in [4.69, 9.17) is 16.4 Å². The minimum absolute atomic E-state index is 0.243. The second-order valence-corrected chi connectivity index (χ2v) is 6.86. The van der Waals surface area contributed by atoms with Crippen LogP contribution in [0.5, 0.6) is 0 Å². The van der Waals surface area contributed by atoms with Crippen molar-refractivity contribution < 1.29 is 9.63 Å². The van der Waals surface area contributed by atoms with Crippen molar-refractivity contribution in [3.05, 3.63) is 40.5 Å². The molecule has 22 heavy (non-hydrogen) atoms. The molecule has 0 saturated carbocycles. The summed E-state index contributed by atoms with van der Waals surface area (Å²) in [6, 6.07) is 9.63. The standard InChI is InChI=1S/C17H19ClN2O2/c1-16(2,3)22-20-9-8-17(12-19,10-13(20)11-21)14-6-4-5-7-15(14)18/h4-7H,8-10H2,1-3H3. The molecule has 0 aliphatic carbocycles. The maximum Gasteiger partial charge on any atom is 0.148 e. The molecule has 1 aromatic carbocycles. The highest BCUT2D eigenvalue weighted by Crippen LogP contribution is 2.42. The molecule has 1 aliphatic rings. The van der Waals surface area contributed by atoms with Crippen LogP contribution in [0.3, 0.4) is 0 Å². The number of rotatable bonds is 2. The van der Waals surface area contributed by atoms with Crippen LogP contribution < -0.4 is 0 Å². The summed E-state index contributed by atoms with van der Waals surface area (Å²) >= 11 is 6.26.